The van der Waals surface area contributed by atoms with Gasteiger partial charge in [0.05, 0.1) is 17.6 Å². The summed E-state index contributed by atoms with van der Waals surface area (Å²) in [6.45, 7) is 7.11. The Bertz CT molecular complexity index is 1670. The van der Waals surface area contributed by atoms with Crippen molar-refractivity contribution in [2.75, 3.05) is 26.7 Å². The zero-order valence-electron chi connectivity index (χ0n) is 26.9. The van der Waals surface area contributed by atoms with E-state index >= 15 is 0 Å². The number of ether oxygens (including phenoxy) is 2. The van der Waals surface area contributed by atoms with Gasteiger partial charge in [-0.2, -0.15) is 0 Å². The van der Waals surface area contributed by atoms with E-state index in [2.05, 4.69) is 9.89 Å². The predicted molar refractivity (Wildman–Crippen MR) is 175 cm³/mol. The first-order chi connectivity index (χ1) is 22.4. The second-order valence-electron chi connectivity index (χ2n) is 12.5. The molecule has 0 saturated carbocycles. The SMILES string of the molecule is COC(=O)C1C(C)=NC(C)=C(C(=O)OC2(C)CCN(CCC(c3ccc(O)cc3)c3ccc(O)cc3)C2)C1c1cccc([N+](=O)[O-])c1. The van der Waals surface area contributed by atoms with Gasteiger partial charge >= 0.3 is 11.9 Å². The zero-order chi connectivity index (χ0) is 33.9. The number of allylic oxidation sites excluding steroid dienone is 1. The first-order valence-electron chi connectivity index (χ1n) is 15.5. The van der Waals surface area contributed by atoms with E-state index in [0.29, 0.717) is 43.0 Å². The number of esters is 2. The second-order valence-corrected chi connectivity index (χ2v) is 12.5. The van der Waals surface area contributed by atoms with Crippen molar-refractivity contribution in [1.29, 1.82) is 0 Å². The standard InChI is InChI=1S/C36H39N3O8/c1-22-31(34(42)46-4)33(26-6-5-7-27(20-26)39(44)45)32(23(2)37-22)35(43)47-36(3)17-19-38(21-36)18-16-30(24-8-12-28(40)13-9-24)25-10-14-29(41)15-11-25/h5-15,20,30-31,33,40-41H,16-19,21H2,1-4H3. The summed E-state index contributed by atoms with van der Waals surface area (Å²) in [5, 5.41) is 31.3. The van der Waals surface area contributed by atoms with E-state index in [-0.39, 0.29) is 28.7 Å². The van der Waals surface area contributed by atoms with Crippen molar-refractivity contribution in [3.63, 3.8) is 0 Å². The number of hydrogen-bond acceptors (Lipinski definition) is 10. The number of likely N-dealkylation sites (tertiary alicyclic amines) is 1. The number of nitro benzene ring substituents is 1. The Morgan fingerprint density at radius 1 is 1.04 bits per heavy atom. The molecule has 2 aliphatic rings. The molecule has 3 aromatic carbocycles. The lowest BCUT2D eigenvalue weighted by molar-refractivity contribution is -0.384. The molecule has 0 spiro atoms. The largest absolute Gasteiger partial charge is 0.508 e. The smallest absolute Gasteiger partial charge is 0.337 e. The van der Waals surface area contributed by atoms with E-state index in [4.69, 9.17) is 9.47 Å². The van der Waals surface area contributed by atoms with Crippen LogP contribution >= 0.6 is 0 Å². The fourth-order valence-corrected chi connectivity index (χ4v) is 6.76. The molecule has 2 N–H and O–H groups in total. The second kappa shape index (κ2) is 13.8. The molecule has 11 nitrogen and oxygen atoms in total. The molecule has 3 atom stereocenters. The third-order valence-electron chi connectivity index (χ3n) is 9.12. The molecule has 246 valence electrons. The van der Waals surface area contributed by atoms with Crippen LogP contribution in [0.25, 0.3) is 0 Å². The predicted octanol–water partition coefficient (Wildman–Crippen LogP) is 5.86. The van der Waals surface area contributed by atoms with Gasteiger partial charge < -0.3 is 19.7 Å². The molecular weight excluding hydrogens is 602 g/mol. The number of aromatic hydroxyl groups is 2. The van der Waals surface area contributed by atoms with Crippen molar-refractivity contribution in [3.8, 4) is 11.5 Å². The van der Waals surface area contributed by atoms with Crippen LogP contribution in [0.1, 0.15) is 62.1 Å². The summed E-state index contributed by atoms with van der Waals surface area (Å²) in [5.74, 6) is -2.69. The number of phenols is 2. The van der Waals surface area contributed by atoms with Gasteiger partial charge in [0, 0.05) is 54.9 Å². The number of rotatable bonds is 10. The lowest BCUT2D eigenvalue weighted by Gasteiger charge is -2.33. The minimum absolute atomic E-state index is 0.00712. The number of aliphatic imine (C=N–C) groups is 1. The average molecular weight is 642 g/mol. The maximum atomic E-state index is 14.0. The molecule has 0 amide bonds. The Morgan fingerprint density at radius 3 is 2.23 bits per heavy atom. The average Bonchev–Trinajstić information content (AvgIpc) is 3.41. The lowest BCUT2D eigenvalue weighted by atomic mass is 9.75. The monoisotopic (exact) mass is 641 g/mol. The highest BCUT2D eigenvalue weighted by molar-refractivity contribution is 6.07. The van der Waals surface area contributed by atoms with Crippen LogP contribution in [0.5, 0.6) is 11.5 Å². The molecule has 1 fully saturated rings. The summed E-state index contributed by atoms with van der Waals surface area (Å²) < 4.78 is 11.3. The van der Waals surface area contributed by atoms with Crippen LogP contribution in [-0.2, 0) is 19.1 Å². The number of non-ortho nitro benzene ring substituents is 1. The number of nitro groups is 1. The molecule has 0 radical (unpaired) electrons. The Labute approximate surface area is 273 Å². The number of benzene rings is 3. The number of carbonyl (C=O) groups is 2. The minimum Gasteiger partial charge on any atom is -0.508 e. The van der Waals surface area contributed by atoms with E-state index in [1.165, 1.54) is 25.3 Å². The number of methoxy groups -OCH3 is 1. The third-order valence-corrected chi connectivity index (χ3v) is 9.12. The van der Waals surface area contributed by atoms with E-state index in [1.807, 2.05) is 31.2 Å². The summed E-state index contributed by atoms with van der Waals surface area (Å²) in [7, 11) is 1.26. The number of carbonyl (C=O) groups excluding carboxylic acids is 2. The summed E-state index contributed by atoms with van der Waals surface area (Å²) in [6, 6.07) is 20.1. The molecule has 5 rings (SSSR count). The van der Waals surface area contributed by atoms with E-state index < -0.39 is 34.3 Å². The first-order valence-corrected chi connectivity index (χ1v) is 15.5. The molecule has 2 aliphatic heterocycles. The highest BCUT2D eigenvalue weighted by Gasteiger charge is 2.45. The molecule has 3 aromatic rings. The normalized spacial score (nSPS) is 21.4. The highest BCUT2D eigenvalue weighted by Crippen LogP contribution is 2.42. The van der Waals surface area contributed by atoms with E-state index in [0.717, 1.165) is 17.5 Å². The lowest BCUT2D eigenvalue weighted by Crippen LogP contribution is -2.40. The fraction of sp³-hybridized carbons (Fsp3) is 0.361. The van der Waals surface area contributed by atoms with Crippen LogP contribution in [0.3, 0.4) is 0 Å². The van der Waals surface area contributed by atoms with Gasteiger partial charge in [0.25, 0.3) is 5.69 Å². The van der Waals surface area contributed by atoms with Gasteiger partial charge in [0.15, 0.2) is 0 Å². The Morgan fingerprint density at radius 2 is 1.66 bits per heavy atom. The zero-order valence-corrected chi connectivity index (χ0v) is 26.9. The van der Waals surface area contributed by atoms with Gasteiger partial charge in [0.2, 0.25) is 0 Å². The van der Waals surface area contributed by atoms with Crippen LogP contribution in [-0.4, -0.2) is 70.0 Å². The number of nitrogens with zero attached hydrogens (tertiary/aromatic N) is 3. The van der Waals surface area contributed by atoms with Gasteiger partial charge in [0.1, 0.15) is 23.0 Å². The first kappa shape index (κ1) is 33.3. The third kappa shape index (κ3) is 7.36. The summed E-state index contributed by atoms with van der Waals surface area (Å²) in [5.41, 5.74) is 2.49. The van der Waals surface area contributed by atoms with Crippen molar-refractivity contribution in [3.05, 3.63) is 111 Å². The minimum atomic E-state index is -0.960. The maximum absolute atomic E-state index is 14.0. The van der Waals surface area contributed by atoms with Crippen LogP contribution in [0, 0.1) is 16.0 Å². The topological polar surface area (TPSA) is 152 Å². The van der Waals surface area contributed by atoms with Crippen molar-refractivity contribution < 1.29 is 34.2 Å². The van der Waals surface area contributed by atoms with Gasteiger partial charge in [-0.1, -0.05) is 36.4 Å². The number of hydrogen-bond donors (Lipinski definition) is 2. The molecule has 0 bridgehead atoms. The van der Waals surface area contributed by atoms with Crippen molar-refractivity contribution in [2.24, 2.45) is 10.9 Å². The van der Waals surface area contributed by atoms with Gasteiger partial charge in [-0.3, -0.25) is 24.8 Å². The molecular formula is C36H39N3O8. The molecule has 0 aliphatic carbocycles. The molecule has 3 unspecified atom stereocenters. The van der Waals surface area contributed by atoms with Crippen molar-refractivity contribution in [1.82, 2.24) is 4.90 Å². The summed E-state index contributed by atoms with van der Waals surface area (Å²) >= 11 is 0. The van der Waals surface area contributed by atoms with Crippen LogP contribution in [0.2, 0.25) is 0 Å². The molecule has 2 heterocycles. The van der Waals surface area contributed by atoms with Gasteiger partial charge in [-0.15, -0.1) is 0 Å². The number of phenolic OH excluding ortho intramolecular Hbond substituents is 2. The Kier molecular flexibility index (Phi) is 9.76. The van der Waals surface area contributed by atoms with Crippen LogP contribution < -0.4 is 0 Å². The summed E-state index contributed by atoms with van der Waals surface area (Å²) in [6.07, 6.45) is 1.33. The van der Waals surface area contributed by atoms with Gasteiger partial charge in [-0.05, 0) is 74.7 Å². The van der Waals surface area contributed by atoms with Crippen LogP contribution in [0.15, 0.2) is 89.1 Å². The molecule has 0 aromatic heterocycles. The van der Waals surface area contributed by atoms with E-state index in [9.17, 15) is 29.9 Å². The molecule has 1 saturated heterocycles. The molecule has 47 heavy (non-hydrogen) atoms. The van der Waals surface area contributed by atoms with Crippen LogP contribution in [0.4, 0.5) is 5.69 Å². The Hall–Kier alpha value is -5.03. The fourth-order valence-electron chi connectivity index (χ4n) is 6.76. The molecule has 11 heteroatoms. The van der Waals surface area contributed by atoms with E-state index in [1.54, 1.807) is 44.2 Å². The summed E-state index contributed by atoms with van der Waals surface area (Å²) in [4.78, 5) is 44.9. The van der Waals surface area contributed by atoms with Gasteiger partial charge in [-0.25, -0.2) is 4.79 Å². The van der Waals surface area contributed by atoms with Crippen molar-refractivity contribution >= 4 is 23.3 Å². The Balaban J connectivity index is 1.35. The highest BCUT2D eigenvalue weighted by atomic mass is 16.6. The van der Waals surface area contributed by atoms with Crippen molar-refractivity contribution in [2.45, 2.75) is 51.0 Å². The maximum Gasteiger partial charge on any atom is 0.337 e. The quantitative estimate of drug-likeness (QED) is 0.158.